The third-order valence-corrected chi connectivity index (χ3v) is 2.63. The molecular formula is C11H16N6O. The number of primary amides is 1. The van der Waals surface area contributed by atoms with Crippen molar-refractivity contribution in [2.45, 2.75) is 26.9 Å². The fourth-order valence-corrected chi connectivity index (χ4v) is 1.88. The first-order valence-electron chi connectivity index (χ1n) is 5.67. The van der Waals surface area contributed by atoms with Gasteiger partial charge in [-0.25, -0.2) is 0 Å². The van der Waals surface area contributed by atoms with E-state index in [4.69, 9.17) is 11.5 Å². The van der Waals surface area contributed by atoms with Gasteiger partial charge in [0.25, 0.3) is 5.91 Å². The van der Waals surface area contributed by atoms with Gasteiger partial charge in [0.1, 0.15) is 0 Å². The predicted molar refractivity (Wildman–Crippen MR) is 66.9 cm³/mol. The Hall–Kier alpha value is -2.31. The van der Waals surface area contributed by atoms with E-state index in [-0.39, 0.29) is 5.69 Å². The lowest BCUT2D eigenvalue weighted by atomic mass is 10.3. The third kappa shape index (κ3) is 2.20. The van der Waals surface area contributed by atoms with Crippen LogP contribution in [0, 0.1) is 6.92 Å². The van der Waals surface area contributed by atoms with Crippen molar-refractivity contribution in [3.63, 3.8) is 0 Å². The molecule has 0 aliphatic rings. The summed E-state index contributed by atoms with van der Waals surface area (Å²) in [6, 6.07) is 1.98. The minimum Gasteiger partial charge on any atom is -0.396 e. The molecule has 0 saturated carbocycles. The number of nitrogens with zero attached hydrogens (tertiary/aromatic N) is 4. The molecule has 0 fully saturated rings. The lowest BCUT2D eigenvalue weighted by Crippen LogP contribution is -2.14. The molecule has 18 heavy (non-hydrogen) atoms. The number of rotatable bonds is 4. The van der Waals surface area contributed by atoms with Gasteiger partial charge in [0.2, 0.25) is 0 Å². The Bertz CT molecular complexity index is 582. The predicted octanol–water partition coefficient (Wildman–Crippen LogP) is 0.137. The molecule has 0 atom stereocenters. The molecule has 0 saturated heterocycles. The second-order valence-corrected chi connectivity index (χ2v) is 4.09. The highest BCUT2D eigenvalue weighted by Gasteiger charge is 2.12. The molecule has 0 aliphatic heterocycles. The van der Waals surface area contributed by atoms with E-state index in [0.717, 1.165) is 17.9 Å². The molecule has 0 bridgehead atoms. The monoisotopic (exact) mass is 248 g/mol. The van der Waals surface area contributed by atoms with Gasteiger partial charge < -0.3 is 11.5 Å². The molecule has 2 aromatic heterocycles. The van der Waals surface area contributed by atoms with Gasteiger partial charge in [0.15, 0.2) is 5.69 Å². The number of hydrogen-bond acceptors (Lipinski definition) is 4. The van der Waals surface area contributed by atoms with Crippen LogP contribution >= 0.6 is 0 Å². The molecule has 0 spiro atoms. The maximum absolute atomic E-state index is 11.1. The Morgan fingerprint density at radius 3 is 2.72 bits per heavy atom. The number of aryl methyl sites for hydroxylation is 2. The quantitative estimate of drug-likeness (QED) is 0.802. The minimum absolute atomic E-state index is 0.106. The van der Waals surface area contributed by atoms with Crippen molar-refractivity contribution in [1.29, 1.82) is 0 Å². The summed E-state index contributed by atoms with van der Waals surface area (Å²) in [4.78, 5) is 11.1. The van der Waals surface area contributed by atoms with Crippen LogP contribution in [0.2, 0.25) is 0 Å². The molecule has 4 N–H and O–H groups in total. The molecule has 2 rings (SSSR count). The highest BCUT2D eigenvalue weighted by Crippen LogP contribution is 2.11. The van der Waals surface area contributed by atoms with Crippen molar-refractivity contribution in [2.24, 2.45) is 5.73 Å². The normalized spacial score (nSPS) is 10.8. The van der Waals surface area contributed by atoms with E-state index in [1.54, 1.807) is 10.9 Å². The number of aromatic nitrogens is 4. The van der Waals surface area contributed by atoms with Crippen molar-refractivity contribution < 1.29 is 4.79 Å². The zero-order chi connectivity index (χ0) is 13.3. The number of amides is 1. The van der Waals surface area contributed by atoms with Gasteiger partial charge in [-0.1, -0.05) is 0 Å². The van der Waals surface area contributed by atoms with Crippen LogP contribution in [0.5, 0.6) is 0 Å². The van der Waals surface area contributed by atoms with E-state index < -0.39 is 5.91 Å². The molecule has 2 aromatic rings. The molecular weight excluding hydrogens is 232 g/mol. The van der Waals surface area contributed by atoms with E-state index in [1.165, 1.54) is 0 Å². The first-order chi connectivity index (χ1) is 8.51. The summed E-state index contributed by atoms with van der Waals surface area (Å²) in [7, 11) is 0. The highest BCUT2D eigenvalue weighted by molar-refractivity contribution is 5.95. The number of anilines is 1. The van der Waals surface area contributed by atoms with Crippen molar-refractivity contribution in [2.75, 3.05) is 5.73 Å². The molecule has 96 valence electrons. The average molecular weight is 248 g/mol. The van der Waals surface area contributed by atoms with Crippen LogP contribution in [0.25, 0.3) is 0 Å². The largest absolute Gasteiger partial charge is 0.396 e. The van der Waals surface area contributed by atoms with Crippen molar-refractivity contribution in [1.82, 2.24) is 19.6 Å². The number of nitrogen functional groups attached to an aromatic ring is 1. The number of hydrogen-bond donors (Lipinski definition) is 2. The van der Waals surface area contributed by atoms with Gasteiger partial charge in [-0.15, -0.1) is 0 Å². The Kier molecular flexibility index (Phi) is 3.05. The van der Waals surface area contributed by atoms with Gasteiger partial charge in [-0.05, 0) is 19.9 Å². The minimum atomic E-state index is -0.619. The second-order valence-electron chi connectivity index (χ2n) is 4.09. The molecule has 1 amide bonds. The molecule has 0 unspecified atom stereocenters. The summed E-state index contributed by atoms with van der Waals surface area (Å²) < 4.78 is 3.48. The van der Waals surface area contributed by atoms with E-state index >= 15 is 0 Å². The van der Waals surface area contributed by atoms with Gasteiger partial charge in [-0.3, -0.25) is 14.2 Å². The van der Waals surface area contributed by atoms with Crippen LogP contribution in [0.3, 0.4) is 0 Å². The van der Waals surface area contributed by atoms with Crippen LogP contribution in [0.1, 0.15) is 28.8 Å². The van der Waals surface area contributed by atoms with E-state index in [0.29, 0.717) is 12.2 Å². The van der Waals surface area contributed by atoms with Gasteiger partial charge >= 0.3 is 0 Å². The smallest absolute Gasteiger partial charge is 0.271 e. The maximum Gasteiger partial charge on any atom is 0.271 e. The SMILES string of the molecule is CCn1nc(C)cc1Cn1cc(N)c(C(N)=O)n1. The zero-order valence-electron chi connectivity index (χ0n) is 10.4. The standard InChI is InChI=1S/C11H16N6O/c1-3-17-8(4-7(2)14-17)5-16-6-9(12)10(15-16)11(13)18/h4,6H,3,5,12H2,1-2H3,(H2,13,18). The molecule has 2 heterocycles. The first-order valence-corrected chi connectivity index (χ1v) is 5.67. The topological polar surface area (TPSA) is 105 Å². The second kappa shape index (κ2) is 4.52. The Morgan fingerprint density at radius 1 is 1.44 bits per heavy atom. The Morgan fingerprint density at radius 2 is 2.17 bits per heavy atom. The van der Waals surface area contributed by atoms with Crippen LogP contribution in [0.4, 0.5) is 5.69 Å². The Labute approximate surface area is 104 Å². The third-order valence-electron chi connectivity index (χ3n) is 2.63. The number of nitrogens with two attached hydrogens (primary N) is 2. The van der Waals surface area contributed by atoms with Crippen LogP contribution in [-0.2, 0) is 13.1 Å². The molecule has 0 radical (unpaired) electrons. The summed E-state index contributed by atoms with van der Waals surface area (Å²) >= 11 is 0. The lowest BCUT2D eigenvalue weighted by Gasteiger charge is -2.04. The highest BCUT2D eigenvalue weighted by atomic mass is 16.1. The summed E-state index contributed by atoms with van der Waals surface area (Å²) in [6.45, 7) is 5.24. The molecule has 7 heteroatoms. The maximum atomic E-state index is 11.1. The van der Waals surface area contributed by atoms with Crippen molar-refractivity contribution in [3.05, 3.63) is 29.3 Å². The molecule has 7 nitrogen and oxygen atoms in total. The number of carbonyl (C=O) groups excluding carboxylic acids is 1. The fraction of sp³-hybridized carbons (Fsp3) is 0.364. The van der Waals surface area contributed by atoms with Crippen LogP contribution in [0.15, 0.2) is 12.3 Å². The Balaban J connectivity index is 2.28. The molecule has 0 aromatic carbocycles. The van der Waals surface area contributed by atoms with E-state index in [9.17, 15) is 4.79 Å². The summed E-state index contributed by atoms with van der Waals surface area (Å²) in [5.74, 6) is -0.619. The van der Waals surface area contributed by atoms with Crippen molar-refractivity contribution in [3.8, 4) is 0 Å². The molecule has 0 aliphatic carbocycles. The number of carbonyl (C=O) groups is 1. The lowest BCUT2D eigenvalue weighted by molar-refractivity contribution is 0.0995. The van der Waals surface area contributed by atoms with Gasteiger partial charge in [0.05, 0.1) is 23.6 Å². The van der Waals surface area contributed by atoms with E-state index in [2.05, 4.69) is 10.2 Å². The van der Waals surface area contributed by atoms with Crippen LogP contribution < -0.4 is 11.5 Å². The van der Waals surface area contributed by atoms with Gasteiger partial charge in [0, 0.05) is 12.7 Å². The first kappa shape index (κ1) is 12.2. The van der Waals surface area contributed by atoms with Gasteiger partial charge in [-0.2, -0.15) is 10.2 Å². The van der Waals surface area contributed by atoms with Crippen LogP contribution in [-0.4, -0.2) is 25.5 Å². The fourth-order valence-electron chi connectivity index (χ4n) is 1.88. The van der Waals surface area contributed by atoms with E-state index in [1.807, 2.05) is 24.6 Å². The zero-order valence-corrected chi connectivity index (χ0v) is 10.4. The summed E-state index contributed by atoms with van der Waals surface area (Å²) in [6.07, 6.45) is 1.60. The summed E-state index contributed by atoms with van der Waals surface area (Å²) in [5, 5.41) is 8.41. The van der Waals surface area contributed by atoms with Crippen molar-refractivity contribution >= 4 is 11.6 Å². The summed E-state index contributed by atoms with van der Waals surface area (Å²) in [5.41, 5.74) is 13.2. The average Bonchev–Trinajstić information content (AvgIpc) is 2.82.